The number of halogens is 3. The molecule has 42 heavy (non-hydrogen) atoms. The lowest BCUT2D eigenvalue weighted by Gasteiger charge is -2.34. The van der Waals surface area contributed by atoms with Crippen molar-refractivity contribution < 1.29 is 22.4 Å². The number of sulfonamides is 1. The molecule has 1 N–H and O–H groups in total. The summed E-state index contributed by atoms with van der Waals surface area (Å²) in [5.74, 6) is -1.86. The van der Waals surface area contributed by atoms with E-state index in [1.807, 2.05) is 0 Å². The van der Waals surface area contributed by atoms with E-state index < -0.39 is 34.3 Å². The standard InChI is InChI=1S/C31H34Cl2FN3O4S/c1-2-28(31(39)35-22-12-5-3-6-13-22)36(20-24-25(32)16-11-17-26(24)33)30(38)21-37(29-19-10-9-18-27(29)34)42(40,41)23-14-7-4-8-15-23/h4,7-11,14-19,22,28H,2-3,5-6,12-13,20-21H2,1H3,(H,35,39)/t28-/m1/s1. The summed E-state index contributed by atoms with van der Waals surface area (Å²) >= 11 is 12.9. The molecule has 0 radical (unpaired) electrons. The lowest BCUT2D eigenvalue weighted by molar-refractivity contribution is -0.140. The van der Waals surface area contributed by atoms with Crippen LogP contribution in [-0.2, 0) is 26.2 Å². The molecule has 0 unspecified atom stereocenters. The van der Waals surface area contributed by atoms with Gasteiger partial charge in [0.05, 0.1) is 10.6 Å². The number of benzene rings is 3. The molecule has 0 saturated heterocycles. The van der Waals surface area contributed by atoms with E-state index in [4.69, 9.17) is 23.2 Å². The van der Waals surface area contributed by atoms with Gasteiger partial charge in [0.1, 0.15) is 18.4 Å². The third-order valence-electron chi connectivity index (χ3n) is 7.46. The van der Waals surface area contributed by atoms with Gasteiger partial charge >= 0.3 is 0 Å². The first-order valence-electron chi connectivity index (χ1n) is 14.0. The van der Waals surface area contributed by atoms with Crippen LogP contribution in [0.15, 0.2) is 77.7 Å². The minimum atomic E-state index is -4.38. The van der Waals surface area contributed by atoms with Gasteiger partial charge in [-0.3, -0.25) is 13.9 Å². The molecule has 1 saturated carbocycles. The molecule has 2 amide bonds. The van der Waals surface area contributed by atoms with Crippen LogP contribution < -0.4 is 9.62 Å². The molecule has 1 aliphatic carbocycles. The van der Waals surface area contributed by atoms with Gasteiger partial charge in [0.25, 0.3) is 10.0 Å². The van der Waals surface area contributed by atoms with Gasteiger partial charge in [-0.05, 0) is 55.7 Å². The molecule has 0 bridgehead atoms. The molecule has 0 heterocycles. The Balaban J connectivity index is 1.74. The fourth-order valence-electron chi connectivity index (χ4n) is 5.20. The fraction of sp³-hybridized carbons (Fsp3) is 0.355. The molecule has 3 aromatic rings. The maximum atomic E-state index is 15.1. The van der Waals surface area contributed by atoms with Crippen molar-refractivity contribution in [1.29, 1.82) is 0 Å². The number of rotatable bonds is 11. The second kappa shape index (κ2) is 14.4. The first kappa shape index (κ1) is 31.8. The predicted octanol–water partition coefficient (Wildman–Crippen LogP) is 6.58. The molecule has 4 rings (SSSR count). The summed E-state index contributed by atoms with van der Waals surface area (Å²) in [6.07, 6.45) is 5.08. The van der Waals surface area contributed by atoms with Gasteiger partial charge in [-0.1, -0.05) is 85.8 Å². The zero-order chi connectivity index (χ0) is 30.3. The maximum Gasteiger partial charge on any atom is 0.264 e. The molecular weight excluding hydrogens is 600 g/mol. The molecule has 1 fully saturated rings. The highest BCUT2D eigenvalue weighted by molar-refractivity contribution is 7.92. The number of carbonyl (C=O) groups excluding carboxylic acids is 2. The number of nitrogens with zero attached hydrogens (tertiary/aromatic N) is 2. The number of hydrogen-bond donors (Lipinski definition) is 1. The SMILES string of the molecule is CC[C@H](C(=O)NC1CCCCC1)N(Cc1c(Cl)cccc1Cl)C(=O)CN(c1ccccc1F)S(=O)(=O)c1ccccc1. The van der Waals surface area contributed by atoms with Crippen LogP contribution in [0.2, 0.25) is 10.0 Å². The average molecular weight is 635 g/mol. The Morgan fingerprint density at radius 2 is 1.55 bits per heavy atom. The van der Waals surface area contributed by atoms with E-state index in [0.717, 1.165) is 42.5 Å². The van der Waals surface area contributed by atoms with E-state index >= 15 is 4.39 Å². The van der Waals surface area contributed by atoms with Gasteiger partial charge in [-0.15, -0.1) is 0 Å². The summed E-state index contributed by atoms with van der Waals surface area (Å²) in [6.45, 7) is 0.868. The average Bonchev–Trinajstić information content (AvgIpc) is 2.98. The number of hydrogen-bond acceptors (Lipinski definition) is 4. The van der Waals surface area contributed by atoms with E-state index in [1.165, 1.54) is 35.2 Å². The summed E-state index contributed by atoms with van der Waals surface area (Å²) < 4.78 is 43.4. The summed E-state index contributed by atoms with van der Waals surface area (Å²) in [5, 5.41) is 3.67. The van der Waals surface area contributed by atoms with Crippen LogP contribution in [0.5, 0.6) is 0 Å². The molecule has 3 aromatic carbocycles. The topological polar surface area (TPSA) is 86.8 Å². The molecule has 0 aliphatic heterocycles. The van der Waals surface area contributed by atoms with Gasteiger partial charge in [0, 0.05) is 28.2 Å². The van der Waals surface area contributed by atoms with Crippen LogP contribution in [-0.4, -0.2) is 43.8 Å². The van der Waals surface area contributed by atoms with Crippen molar-refractivity contribution in [3.8, 4) is 0 Å². The first-order valence-corrected chi connectivity index (χ1v) is 16.2. The largest absolute Gasteiger partial charge is 0.352 e. The minimum Gasteiger partial charge on any atom is -0.352 e. The monoisotopic (exact) mass is 633 g/mol. The van der Waals surface area contributed by atoms with E-state index in [1.54, 1.807) is 43.3 Å². The third-order valence-corrected chi connectivity index (χ3v) is 9.94. The zero-order valence-electron chi connectivity index (χ0n) is 23.3. The van der Waals surface area contributed by atoms with E-state index in [2.05, 4.69) is 5.32 Å². The minimum absolute atomic E-state index is 0.00507. The molecular formula is C31H34Cl2FN3O4S. The van der Waals surface area contributed by atoms with Crippen molar-refractivity contribution in [3.05, 3.63) is 94.2 Å². The quantitative estimate of drug-likeness (QED) is 0.258. The van der Waals surface area contributed by atoms with Gasteiger partial charge in [0.15, 0.2) is 0 Å². The van der Waals surface area contributed by atoms with Crippen LogP contribution in [0.25, 0.3) is 0 Å². The number of carbonyl (C=O) groups is 2. The molecule has 0 spiro atoms. The van der Waals surface area contributed by atoms with E-state index in [9.17, 15) is 18.0 Å². The van der Waals surface area contributed by atoms with Crippen LogP contribution in [0.3, 0.4) is 0 Å². The van der Waals surface area contributed by atoms with Crippen molar-refractivity contribution in [2.24, 2.45) is 0 Å². The molecule has 224 valence electrons. The zero-order valence-corrected chi connectivity index (χ0v) is 25.6. The predicted molar refractivity (Wildman–Crippen MR) is 163 cm³/mol. The number of anilines is 1. The first-order chi connectivity index (χ1) is 20.1. The van der Waals surface area contributed by atoms with Gasteiger partial charge < -0.3 is 10.2 Å². The van der Waals surface area contributed by atoms with Crippen molar-refractivity contribution in [1.82, 2.24) is 10.2 Å². The Labute approximate surface area is 256 Å². The smallest absolute Gasteiger partial charge is 0.264 e. The summed E-state index contributed by atoms with van der Waals surface area (Å²) in [5.41, 5.74) is 0.131. The fourth-order valence-corrected chi connectivity index (χ4v) is 7.16. The highest BCUT2D eigenvalue weighted by Crippen LogP contribution is 2.30. The maximum absolute atomic E-state index is 15.1. The number of amides is 2. The van der Waals surface area contributed by atoms with E-state index in [0.29, 0.717) is 15.6 Å². The summed E-state index contributed by atoms with van der Waals surface area (Å²) in [7, 11) is -4.38. The summed E-state index contributed by atoms with van der Waals surface area (Å²) in [6, 6.07) is 16.8. The second-order valence-corrected chi connectivity index (χ2v) is 12.9. The Morgan fingerprint density at radius 3 is 2.17 bits per heavy atom. The van der Waals surface area contributed by atoms with Crippen LogP contribution in [0, 0.1) is 5.82 Å². The highest BCUT2D eigenvalue weighted by Gasteiger charge is 2.35. The van der Waals surface area contributed by atoms with Crippen molar-refractivity contribution >= 4 is 50.7 Å². The highest BCUT2D eigenvalue weighted by atomic mass is 35.5. The molecule has 1 aliphatic rings. The second-order valence-electron chi connectivity index (χ2n) is 10.3. The molecule has 0 aromatic heterocycles. The molecule has 11 heteroatoms. The van der Waals surface area contributed by atoms with Gasteiger partial charge in [0.2, 0.25) is 11.8 Å². The lowest BCUT2D eigenvalue weighted by Crippen LogP contribution is -2.54. The summed E-state index contributed by atoms with van der Waals surface area (Å²) in [4.78, 5) is 29.0. The normalized spacial score (nSPS) is 14.7. The van der Waals surface area contributed by atoms with Crippen LogP contribution in [0.1, 0.15) is 51.0 Å². The Bertz CT molecular complexity index is 1480. The lowest BCUT2D eigenvalue weighted by atomic mass is 9.95. The molecule has 7 nitrogen and oxygen atoms in total. The Kier molecular flexibility index (Phi) is 10.9. The van der Waals surface area contributed by atoms with Crippen LogP contribution >= 0.6 is 23.2 Å². The van der Waals surface area contributed by atoms with Crippen molar-refractivity contribution in [3.63, 3.8) is 0 Å². The number of para-hydroxylation sites is 1. The van der Waals surface area contributed by atoms with Crippen molar-refractivity contribution in [2.45, 2.75) is 69.0 Å². The van der Waals surface area contributed by atoms with Crippen molar-refractivity contribution in [2.75, 3.05) is 10.8 Å². The molecule has 1 atom stereocenters. The Hall–Kier alpha value is -3.14. The Morgan fingerprint density at radius 1 is 0.929 bits per heavy atom. The van der Waals surface area contributed by atoms with Gasteiger partial charge in [-0.25, -0.2) is 12.8 Å². The van der Waals surface area contributed by atoms with Crippen LogP contribution in [0.4, 0.5) is 10.1 Å². The third kappa shape index (κ3) is 7.43. The van der Waals surface area contributed by atoms with Gasteiger partial charge in [-0.2, -0.15) is 0 Å². The van der Waals surface area contributed by atoms with E-state index in [-0.39, 0.29) is 35.5 Å². The number of nitrogens with one attached hydrogen (secondary N) is 1.